The van der Waals surface area contributed by atoms with Gasteiger partial charge in [-0.05, 0) is 29.8 Å². The number of hydrogen-bond donors (Lipinski definition) is 2. The minimum absolute atomic E-state index is 0. The monoisotopic (exact) mass is 388 g/mol. The number of amides is 1. The number of carbonyl (C=O) groups is 2. The lowest BCUT2D eigenvalue weighted by atomic mass is 10.1. The summed E-state index contributed by atoms with van der Waals surface area (Å²) in [6, 6.07) is 10.8. The van der Waals surface area contributed by atoms with Crippen LogP contribution in [0.5, 0.6) is 0 Å². The number of nitrogens with two attached hydrogens (primary N) is 1. The quantitative estimate of drug-likeness (QED) is 0.672. The van der Waals surface area contributed by atoms with Crippen LogP contribution in [0.25, 0.3) is 11.1 Å². The van der Waals surface area contributed by atoms with Crippen molar-refractivity contribution >= 4 is 35.7 Å². The van der Waals surface area contributed by atoms with Crippen LogP contribution in [0, 0.1) is 0 Å². The minimum atomic E-state index is -0.385. The van der Waals surface area contributed by atoms with Crippen molar-refractivity contribution in [2.45, 2.75) is 0 Å². The third-order valence-electron chi connectivity index (χ3n) is 4.13. The van der Waals surface area contributed by atoms with Crippen molar-refractivity contribution in [3.63, 3.8) is 0 Å². The van der Waals surface area contributed by atoms with E-state index in [9.17, 15) is 9.59 Å². The molecule has 27 heavy (non-hydrogen) atoms. The lowest BCUT2D eigenvalue weighted by Crippen LogP contribution is -2.15. The van der Waals surface area contributed by atoms with Crippen molar-refractivity contribution in [1.29, 1.82) is 0 Å². The third-order valence-corrected chi connectivity index (χ3v) is 4.13. The molecule has 0 aliphatic rings. The number of aryl methyl sites for hydroxylation is 2. The van der Waals surface area contributed by atoms with E-state index in [1.807, 2.05) is 30.5 Å². The zero-order chi connectivity index (χ0) is 18.8. The Hall–Kier alpha value is -3.19. The number of benzene rings is 1. The topological polar surface area (TPSA) is 91.3 Å². The minimum Gasteiger partial charge on any atom is -0.464 e. The highest BCUT2D eigenvalue weighted by atomic mass is 35.5. The number of esters is 1. The molecule has 0 saturated heterocycles. The van der Waals surface area contributed by atoms with Gasteiger partial charge in [0.1, 0.15) is 11.4 Å². The van der Waals surface area contributed by atoms with Gasteiger partial charge < -0.3 is 24.9 Å². The predicted molar refractivity (Wildman–Crippen MR) is 107 cm³/mol. The summed E-state index contributed by atoms with van der Waals surface area (Å²) in [6.45, 7) is 0. The van der Waals surface area contributed by atoms with Crippen molar-refractivity contribution in [3.8, 4) is 11.1 Å². The molecular formula is C19H21ClN4O3. The number of nitrogen functional groups attached to an aromatic ring is 1. The van der Waals surface area contributed by atoms with Crippen LogP contribution in [0.15, 0.2) is 48.8 Å². The molecule has 142 valence electrons. The molecular weight excluding hydrogens is 368 g/mol. The van der Waals surface area contributed by atoms with Gasteiger partial charge in [0.25, 0.3) is 5.91 Å². The Morgan fingerprint density at radius 1 is 0.963 bits per heavy atom. The highest BCUT2D eigenvalue weighted by Crippen LogP contribution is 2.24. The first kappa shape index (κ1) is 20.1. The summed E-state index contributed by atoms with van der Waals surface area (Å²) >= 11 is 0. The fourth-order valence-electron chi connectivity index (χ4n) is 2.79. The van der Waals surface area contributed by atoms with E-state index in [1.54, 1.807) is 41.6 Å². The van der Waals surface area contributed by atoms with Gasteiger partial charge in [-0.15, -0.1) is 12.4 Å². The molecule has 0 spiro atoms. The van der Waals surface area contributed by atoms with Gasteiger partial charge in [0, 0.05) is 37.7 Å². The predicted octanol–water partition coefficient (Wildman–Crippen LogP) is 3.07. The Kier molecular flexibility index (Phi) is 5.97. The SMILES string of the molecule is COC(=O)c1cc(-c2ccc(NC(=O)c3cc(N)cn3C)cc2)cn1C.Cl. The summed E-state index contributed by atoms with van der Waals surface area (Å²) in [5, 5.41) is 2.84. The van der Waals surface area contributed by atoms with E-state index >= 15 is 0 Å². The summed E-state index contributed by atoms with van der Waals surface area (Å²) in [7, 11) is 4.91. The summed E-state index contributed by atoms with van der Waals surface area (Å²) in [5.41, 5.74) is 9.69. The smallest absolute Gasteiger partial charge is 0.354 e. The van der Waals surface area contributed by atoms with Gasteiger partial charge in [0.05, 0.1) is 12.8 Å². The van der Waals surface area contributed by atoms with Crippen LogP contribution in [-0.4, -0.2) is 28.1 Å². The van der Waals surface area contributed by atoms with Gasteiger partial charge in [-0.3, -0.25) is 4.79 Å². The van der Waals surface area contributed by atoms with E-state index in [0.29, 0.717) is 22.8 Å². The lowest BCUT2D eigenvalue weighted by molar-refractivity contribution is 0.0590. The largest absolute Gasteiger partial charge is 0.464 e. The van der Waals surface area contributed by atoms with Crippen LogP contribution < -0.4 is 11.1 Å². The second-order valence-electron chi connectivity index (χ2n) is 6.02. The maximum Gasteiger partial charge on any atom is 0.354 e. The molecule has 3 aromatic rings. The van der Waals surface area contributed by atoms with Crippen molar-refractivity contribution in [2.24, 2.45) is 14.1 Å². The summed E-state index contributed by atoms with van der Waals surface area (Å²) in [5.74, 6) is -0.617. The number of hydrogen-bond acceptors (Lipinski definition) is 4. The van der Waals surface area contributed by atoms with E-state index in [1.165, 1.54) is 7.11 Å². The van der Waals surface area contributed by atoms with Crippen LogP contribution >= 0.6 is 12.4 Å². The number of rotatable bonds is 4. The highest BCUT2D eigenvalue weighted by Gasteiger charge is 2.14. The molecule has 0 atom stereocenters. The number of carbonyl (C=O) groups excluding carboxylic acids is 2. The van der Waals surface area contributed by atoms with Crippen LogP contribution in [0.1, 0.15) is 21.0 Å². The Balaban J connectivity index is 0.00000261. The number of ether oxygens (including phenoxy) is 1. The Morgan fingerprint density at radius 3 is 2.15 bits per heavy atom. The molecule has 0 radical (unpaired) electrons. The third kappa shape index (κ3) is 4.15. The number of aromatic nitrogens is 2. The first-order valence-corrected chi connectivity index (χ1v) is 7.97. The Morgan fingerprint density at radius 2 is 1.59 bits per heavy atom. The molecule has 2 aromatic heterocycles. The zero-order valence-electron chi connectivity index (χ0n) is 15.2. The van der Waals surface area contributed by atoms with Crippen LogP contribution in [0.2, 0.25) is 0 Å². The van der Waals surface area contributed by atoms with Gasteiger partial charge in [-0.25, -0.2) is 4.79 Å². The van der Waals surface area contributed by atoms with Crippen LogP contribution in [-0.2, 0) is 18.8 Å². The average molecular weight is 389 g/mol. The molecule has 0 aliphatic carbocycles. The van der Waals surface area contributed by atoms with Crippen LogP contribution in [0.3, 0.4) is 0 Å². The number of nitrogens with zero attached hydrogens (tertiary/aromatic N) is 2. The molecule has 3 rings (SSSR count). The molecule has 2 heterocycles. The molecule has 0 bridgehead atoms. The second-order valence-corrected chi connectivity index (χ2v) is 6.02. The van der Waals surface area contributed by atoms with Gasteiger partial charge >= 0.3 is 5.97 Å². The van der Waals surface area contributed by atoms with E-state index in [-0.39, 0.29) is 24.3 Å². The maximum absolute atomic E-state index is 12.3. The van der Waals surface area contributed by atoms with Crippen molar-refractivity contribution in [1.82, 2.24) is 9.13 Å². The van der Waals surface area contributed by atoms with Crippen molar-refractivity contribution in [2.75, 3.05) is 18.2 Å². The number of nitrogens with one attached hydrogen (secondary N) is 1. The molecule has 1 amide bonds. The fraction of sp³-hybridized carbons (Fsp3) is 0.158. The summed E-state index contributed by atoms with van der Waals surface area (Å²) < 4.78 is 8.16. The van der Waals surface area contributed by atoms with Gasteiger partial charge in [0.2, 0.25) is 0 Å². The second kappa shape index (κ2) is 8.01. The normalized spacial score (nSPS) is 10.2. The molecule has 0 saturated carbocycles. The molecule has 7 nitrogen and oxygen atoms in total. The standard InChI is InChI=1S/C19H20N4O3.ClH/c1-22-10-13(8-17(22)19(25)26-3)12-4-6-15(7-5-12)21-18(24)16-9-14(20)11-23(16)2;/h4-11H,20H2,1-3H3,(H,21,24);1H. The van der Waals surface area contributed by atoms with E-state index in [0.717, 1.165) is 11.1 Å². The number of halogens is 1. The lowest BCUT2D eigenvalue weighted by Gasteiger charge is -2.07. The maximum atomic E-state index is 12.3. The van der Waals surface area contributed by atoms with Crippen molar-refractivity contribution < 1.29 is 14.3 Å². The molecule has 0 aliphatic heterocycles. The fourth-order valence-corrected chi connectivity index (χ4v) is 2.79. The number of methoxy groups -OCH3 is 1. The van der Waals surface area contributed by atoms with Crippen LogP contribution in [0.4, 0.5) is 11.4 Å². The Bertz CT molecular complexity index is 974. The van der Waals surface area contributed by atoms with E-state index < -0.39 is 0 Å². The molecule has 8 heteroatoms. The summed E-state index contributed by atoms with van der Waals surface area (Å²) in [6.07, 6.45) is 3.54. The molecule has 0 fully saturated rings. The molecule has 3 N–H and O–H groups in total. The average Bonchev–Trinajstić information content (AvgIpc) is 3.17. The first-order chi connectivity index (χ1) is 12.4. The van der Waals surface area contributed by atoms with Gasteiger partial charge in [-0.1, -0.05) is 12.1 Å². The summed E-state index contributed by atoms with van der Waals surface area (Å²) in [4.78, 5) is 24.0. The zero-order valence-corrected chi connectivity index (χ0v) is 16.0. The van der Waals surface area contributed by atoms with E-state index in [2.05, 4.69) is 5.32 Å². The van der Waals surface area contributed by atoms with Gasteiger partial charge in [0.15, 0.2) is 0 Å². The first-order valence-electron chi connectivity index (χ1n) is 7.97. The highest BCUT2D eigenvalue weighted by molar-refractivity contribution is 6.04. The Labute approximate surface area is 163 Å². The van der Waals surface area contributed by atoms with Gasteiger partial charge in [-0.2, -0.15) is 0 Å². The molecule has 1 aromatic carbocycles. The number of anilines is 2. The van der Waals surface area contributed by atoms with E-state index in [4.69, 9.17) is 10.5 Å². The molecule has 0 unspecified atom stereocenters. The van der Waals surface area contributed by atoms with Crippen molar-refractivity contribution in [3.05, 3.63) is 60.2 Å².